The number of fused-ring (bicyclic) bond motifs is 1. The van der Waals surface area contributed by atoms with Gasteiger partial charge < -0.3 is 14.0 Å². The van der Waals surface area contributed by atoms with Gasteiger partial charge in [0.05, 0.1) is 12.6 Å². The number of rotatable bonds is 5. The molecular formula is C20H19NO3. The van der Waals surface area contributed by atoms with E-state index in [2.05, 4.69) is 4.74 Å². The summed E-state index contributed by atoms with van der Waals surface area (Å²) < 4.78 is 12.7. The number of ether oxygens (including phenoxy) is 2. The minimum atomic E-state index is -0.380. The number of benzene rings is 2. The molecule has 4 nitrogen and oxygen atoms in total. The fraction of sp³-hybridized carbons (Fsp3) is 0.150. The minimum absolute atomic E-state index is 0.380. The molecule has 0 N–H and O–H groups in total. The Morgan fingerprint density at radius 3 is 2.67 bits per heavy atom. The van der Waals surface area contributed by atoms with Gasteiger partial charge in [0.15, 0.2) is 0 Å². The van der Waals surface area contributed by atoms with Gasteiger partial charge in [0.25, 0.3) is 0 Å². The summed E-state index contributed by atoms with van der Waals surface area (Å²) in [5.74, 6) is 0.413. The lowest BCUT2D eigenvalue weighted by molar-refractivity contribution is -0.134. The van der Waals surface area contributed by atoms with Crippen molar-refractivity contribution >= 4 is 22.9 Å². The average Bonchev–Trinajstić information content (AvgIpc) is 2.95. The van der Waals surface area contributed by atoms with Gasteiger partial charge in [0.1, 0.15) is 12.4 Å². The molecule has 0 bridgehead atoms. The van der Waals surface area contributed by atoms with Crippen molar-refractivity contribution in [3.8, 4) is 5.75 Å². The second kappa shape index (κ2) is 7.04. The maximum absolute atomic E-state index is 11.4. The fourth-order valence-electron chi connectivity index (χ4n) is 2.65. The third-order valence-electron chi connectivity index (χ3n) is 3.84. The molecule has 0 amide bonds. The third-order valence-corrected chi connectivity index (χ3v) is 3.84. The van der Waals surface area contributed by atoms with Gasteiger partial charge in [-0.2, -0.15) is 0 Å². The Labute approximate surface area is 140 Å². The van der Waals surface area contributed by atoms with Crippen molar-refractivity contribution in [1.82, 2.24) is 4.57 Å². The second-order valence-corrected chi connectivity index (χ2v) is 5.48. The number of hydrogen-bond donors (Lipinski definition) is 0. The van der Waals surface area contributed by atoms with Gasteiger partial charge in [-0.3, -0.25) is 0 Å². The predicted molar refractivity (Wildman–Crippen MR) is 94.7 cm³/mol. The zero-order chi connectivity index (χ0) is 16.9. The molecule has 0 aliphatic rings. The van der Waals surface area contributed by atoms with E-state index in [9.17, 15) is 4.79 Å². The van der Waals surface area contributed by atoms with Crippen molar-refractivity contribution in [1.29, 1.82) is 0 Å². The predicted octanol–water partition coefficient (Wildman–Crippen LogP) is 3.94. The first kappa shape index (κ1) is 15.9. The van der Waals surface area contributed by atoms with E-state index in [4.69, 9.17) is 4.74 Å². The Kier molecular flexibility index (Phi) is 4.66. The van der Waals surface area contributed by atoms with Crippen LogP contribution in [0.5, 0.6) is 5.75 Å². The van der Waals surface area contributed by atoms with Crippen LogP contribution in [0.3, 0.4) is 0 Å². The van der Waals surface area contributed by atoms with E-state index in [1.54, 1.807) is 6.08 Å². The summed E-state index contributed by atoms with van der Waals surface area (Å²) in [7, 11) is 3.34. The summed E-state index contributed by atoms with van der Waals surface area (Å²) >= 11 is 0. The van der Waals surface area contributed by atoms with Gasteiger partial charge in [-0.05, 0) is 23.8 Å². The molecule has 0 unspecified atom stereocenters. The van der Waals surface area contributed by atoms with Crippen LogP contribution in [-0.4, -0.2) is 17.6 Å². The molecule has 0 spiro atoms. The minimum Gasteiger partial charge on any atom is -0.488 e. The van der Waals surface area contributed by atoms with Gasteiger partial charge in [-0.1, -0.05) is 36.4 Å². The van der Waals surface area contributed by atoms with Crippen LogP contribution in [0.25, 0.3) is 17.0 Å². The van der Waals surface area contributed by atoms with Crippen molar-refractivity contribution in [2.24, 2.45) is 7.05 Å². The maximum atomic E-state index is 11.4. The molecule has 122 valence electrons. The Bertz CT molecular complexity index is 879. The Hall–Kier alpha value is -3.01. The number of aromatic nitrogens is 1. The van der Waals surface area contributed by atoms with E-state index in [1.807, 2.05) is 66.3 Å². The lowest BCUT2D eigenvalue weighted by Gasteiger charge is -2.09. The lowest BCUT2D eigenvalue weighted by Crippen LogP contribution is -1.96. The van der Waals surface area contributed by atoms with Crippen LogP contribution in [-0.2, 0) is 23.2 Å². The molecular weight excluding hydrogens is 302 g/mol. The highest BCUT2D eigenvalue weighted by atomic mass is 16.5. The van der Waals surface area contributed by atoms with Crippen molar-refractivity contribution < 1.29 is 14.3 Å². The van der Waals surface area contributed by atoms with Crippen LogP contribution in [0.2, 0.25) is 0 Å². The highest BCUT2D eigenvalue weighted by Crippen LogP contribution is 2.31. The van der Waals surface area contributed by atoms with Crippen LogP contribution in [0, 0.1) is 0 Å². The first-order valence-corrected chi connectivity index (χ1v) is 7.70. The zero-order valence-corrected chi connectivity index (χ0v) is 13.7. The molecule has 0 atom stereocenters. The molecule has 0 aliphatic carbocycles. The first-order chi connectivity index (χ1) is 11.7. The Balaban J connectivity index is 1.95. The summed E-state index contributed by atoms with van der Waals surface area (Å²) in [6.45, 7) is 0.495. The molecule has 3 aromatic rings. The van der Waals surface area contributed by atoms with E-state index >= 15 is 0 Å². The van der Waals surface area contributed by atoms with Gasteiger partial charge in [-0.15, -0.1) is 0 Å². The first-order valence-electron chi connectivity index (χ1n) is 7.70. The molecule has 2 aromatic carbocycles. The Morgan fingerprint density at radius 2 is 1.92 bits per heavy atom. The van der Waals surface area contributed by atoms with E-state index in [-0.39, 0.29) is 5.97 Å². The quantitative estimate of drug-likeness (QED) is 0.528. The number of nitrogens with zero attached hydrogens (tertiary/aromatic N) is 1. The number of methoxy groups -OCH3 is 1. The summed E-state index contributed by atoms with van der Waals surface area (Å²) in [5.41, 5.74) is 3.07. The summed E-state index contributed by atoms with van der Waals surface area (Å²) in [6.07, 6.45) is 5.14. The highest BCUT2D eigenvalue weighted by Gasteiger charge is 2.11. The molecule has 0 saturated heterocycles. The van der Waals surface area contributed by atoms with E-state index in [0.717, 1.165) is 27.8 Å². The summed E-state index contributed by atoms with van der Waals surface area (Å²) in [5, 5.41) is 0.982. The molecule has 3 rings (SSSR count). The van der Waals surface area contributed by atoms with Crippen molar-refractivity contribution in [3.05, 3.63) is 71.9 Å². The second-order valence-electron chi connectivity index (χ2n) is 5.48. The smallest absolute Gasteiger partial charge is 0.330 e. The van der Waals surface area contributed by atoms with Crippen molar-refractivity contribution in [2.75, 3.05) is 7.11 Å². The molecule has 0 aliphatic heterocycles. The maximum Gasteiger partial charge on any atom is 0.330 e. The van der Waals surface area contributed by atoms with Gasteiger partial charge in [0, 0.05) is 30.3 Å². The van der Waals surface area contributed by atoms with Crippen LogP contribution >= 0.6 is 0 Å². The fourth-order valence-corrected chi connectivity index (χ4v) is 2.65. The molecule has 0 fully saturated rings. The van der Waals surface area contributed by atoms with Gasteiger partial charge in [0.2, 0.25) is 0 Å². The monoisotopic (exact) mass is 321 g/mol. The Morgan fingerprint density at radius 1 is 1.12 bits per heavy atom. The number of carbonyl (C=O) groups is 1. The summed E-state index contributed by atoms with van der Waals surface area (Å²) in [6, 6.07) is 16.0. The SMILES string of the molecule is COC(=O)/C=C/c1cn(C)c2cccc(OCc3ccccc3)c12. The number of aryl methyl sites for hydroxylation is 1. The van der Waals surface area contributed by atoms with Crippen molar-refractivity contribution in [2.45, 2.75) is 6.61 Å². The van der Waals surface area contributed by atoms with E-state index in [0.29, 0.717) is 6.61 Å². The number of esters is 1. The normalized spacial score (nSPS) is 11.1. The van der Waals surface area contributed by atoms with Crippen LogP contribution in [0.1, 0.15) is 11.1 Å². The topological polar surface area (TPSA) is 40.5 Å². The standard InChI is InChI=1S/C20H19NO3/c1-21-13-16(11-12-19(22)23-2)20-17(21)9-6-10-18(20)24-14-15-7-4-3-5-8-15/h3-13H,14H2,1-2H3/b12-11+. The van der Waals surface area contributed by atoms with Crippen LogP contribution in [0.4, 0.5) is 0 Å². The zero-order valence-electron chi connectivity index (χ0n) is 13.7. The van der Waals surface area contributed by atoms with E-state index in [1.165, 1.54) is 13.2 Å². The van der Waals surface area contributed by atoms with E-state index < -0.39 is 0 Å². The molecule has 0 saturated carbocycles. The van der Waals surface area contributed by atoms with Gasteiger partial charge >= 0.3 is 5.97 Å². The van der Waals surface area contributed by atoms with Crippen LogP contribution in [0.15, 0.2) is 60.8 Å². The summed E-state index contributed by atoms with van der Waals surface area (Å²) in [4.78, 5) is 11.4. The molecule has 1 heterocycles. The lowest BCUT2D eigenvalue weighted by atomic mass is 10.1. The molecule has 4 heteroatoms. The molecule has 1 aromatic heterocycles. The van der Waals surface area contributed by atoms with Gasteiger partial charge in [-0.25, -0.2) is 4.79 Å². The molecule has 0 radical (unpaired) electrons. The van der Waals surface area contributed by atoms with Crippen LogP contribution < -0.4 is 4.74 Å². The third kappa shape index (κ3) is 3.33. The average molecular weight is 321 g/mol. The largest absolute Gasteiger partial charge is 0.488 e. The molecule has 24 heavy (non-hydrogen) atoms. The highest BCUT2D eigenvalue weighted by molar-refractivity contribution is 5.97. The van der Waals surface area contributed by atoms with Crippen molar-refractivity contribution in [3.63, 3.8) is 0 Å². The number of carbonyl (C=O) groups excluding carboxylic acids is 1. The number of hydrogen-bond acceptors (Lipinski definition) is 3.